The van der Waals surface area contributed by atoms with Crippen molar-refractivity contribution in [3.63, 3.8) is 0 Å². The molecular formula is C36H86O11Si8. The summed E-state index contributed by atoms with van der Waals surface area (Å²) in [5.74, 6) is -2.39. The van der Waals surface area contributed by atoms with Crippen LogP contribution in [0.5, 0.6) is 0 Å². The van der Waals surface area contributed by atoms with Gasteiger partial charge in [0.15, 0.2) is 13.7 Å². The van der Waals surface area contributed by atoms with E-state index in [0.29, 0.717) is 0 Å². The van der Waals surface area contributed by atoms with Gasteiger partial charge >= 0.3 is 0 Å². The second-order valence-corrected chi connectivity index (χ2v) is 66.4. The zero-order chi connectivity index (χ0) is 44.5. The molecule has 1 unspecified atom stereocenters. The molecule has 328 valence electrons. The summed E-state index contributed by atoms with van der Waals surface area (Å²) in [4.78, 5) is -1.56. The van der Waals surface area contributed by atoms with Crippen LogP contribution in [0, 0.1) is 0 Å². The van der Waals surface area contributed by atoms with Crippen molar-refractivity contribution in [2.45, 2.75) is 212 Å². The second-order valence-electron chi connectivity index (χ2n) is 25.0. The maximum atomic E-state index is 15.3. The van der Waals surface area contributed by atoms with Crippen molar-refractivity contribution < 1.29 is 54.4 Å². The molecule has 0 aromatic heterocycles. The van der Waals surface area contributed by atoms with Gasteiger partial charge in [0.2, 0.25) is 5.79 Å². The molecule has 19 heteroatoms. The lowest BCUT2D eigenvalue weighted by atomic mass is 9.93. The van der Waals surface area contributed by atoms with Crippen LogP contribution in [0.2, 0.25) is 157 Å². The third kappa shape index (κ3) is 6.86. The zero-order valence-corrected chi connectivity index (χ0v) is 47.4. The summed E-state index contributed by atoms with van der Waals surface area (Å²) in [6.07, 6.45) is -4.83. The SMILES string of the molecule is C[Si](C)(C)O[C@@]1([Si](C)(C)C)[C@@](O)([Si](C)(C)C)[C@](O)([Si](C)(C)C)[C@@](OC2(CO)O[C@H](CO)[C@@H](O)[C@@H]2O)([Si](C)(C)C)O[C@@]1(C(O)([Si](C)(C)C)[Si](C)(C)C)[Si](C)(C)C. The van der Waals surface area contributed by atoms with E-state index < -0.39 is 133 Å². The molecule has 2 aliphatic heterocycles. The molecular weight excluding hydrogens is 833 g/mol. The first-order chi connectivity index (χ1) is 23.7. The molecule has 2 heterocycles. The average Bonchev–Trinajstić information content (AvgIpc) is 3.16. The smallest absolute Gasteiger partial charge is 0.223 e. The molecule has 2 fully saturated rings. The largest absolute Gasteiger partial charge is 0.410 e. The van der Waals surface area contributed by atoms with Crippen LogP contribution in [0.4, 0.5) is 0 Å². The van der Waals surface area contributed by atoms with E-state index in [1.807, 2.05) is 39.3 Å². The van der Waals surface area contributed by atoms with E-state index >= 15 is 5.11 Å². The maximum absolute atomic E-state index is 15.3. The Balaban J connectivity index is 3.96. The number of ether oxygens (including phenoxy) is 3. The van der Waals surface area contributed by atoms with E-state index in [9.17, 15) is 30.6 Å². The molecule has 0 amide bonds. The van der Waals surface area contributed by atoms with Crippen LogP contribution < -0.4 is 0 Å². The first-order valence-electron chi connectivity index (χ1n) is 20.2. The Kier molecular flexibility index (Phi) is 13.8. The van der Waals surface area contributed by atoms with Crippen molar-refractivity contribution in [1.82, 2.24) is 0 Å². The molecule has 55 heavy (non-hydrogen) atoms. The molecule has 7 N–H and O–H groups in total. The predicted molar refractivity (Wildman–Crippen MR) is 247 cm³/mol. The molecule has 2 rings (SSSR count). The van der Waals surface area contributed by atoms with Crippen molar-refractivity contribution in [3.05, 3.63) is 0 Å². The van der Waals surface area contributed by atoms with E-state index in [1.54, 1.807) is 0 Å². The van der Waals surface area contributed by atoms with E-state index in [-0.39, 0.29) is 0 Å². The number of aliphatic hydroxyl groups excluding tert-OH is 4. The lowest BCUT2D eigenvalue weighted by Crippen LogP contribution is -3.08. The van der Waals surface area contributed by atoms with Gasteiger partial charge in [-0.1, -0.05) is 137 Å². The van der Waals surface area contributed by atoms with Crippen molar-refractivity contribution >= 4 is 64.8 Å². The highest BCUT2D eigenvalue weighted by atomic mass is 28.4. The van der Waals surface area contributed by atoms with Crippen molar-refractivity contribution in [1.29, 1.82) is 0 Å². The molecule has 0 aromatic rings. The summed E-state index contributed by atoms with van der Waals surface area (Å²) in [6, 6.07) is 0. The highest BCUT2D eigenvalue weighted by Crippen LogP contribution is 2.72. The molecule has 0 aliphatic carbocycles. The van der Waals surface area contributed by atoms with Crippen LogP contribution in [-0.2, 0) is 18.6 Å². The standard InChI is InChI=1S/C36H86O11Si8/c1-48(2,3)31(41)32(42,49(4,5)6)36(54(19,20)21,45-30(26-38)29(40)28(39)27(25-37)44-30)46-34(51(10,11)12,35(43,52(13,14)15)53(16,17)18)33(31,50(7,8)9)47-55(22,23)24/h27-29,37-43H,25-26H2,1-24H3/t27-,28-,29+,30?,31+,32+,33-,34-,36+/m1/s1. The summed E-state index contributed by atoms with van der Waals surface area (Å²) in [5.41, 5.74) is -2.22. The van der Waals surface area contributed by atoms with Gasteiger partial charge < -0.3 is 54.4 Å². The highest BCUT2D eigenvalue weighted by Gasteiger charge is 2.96. The Morgan fingerprint density at radius 1 is 0.582 bits per heavy atom. The fraction of sp³-hybridized carbons (Fsp3) is 1.00. The zero-order valence-electron chi connectivity index (χ0n) is 39.4. The summed E-state index contributed by atoms with van der Waals surface area (Å²) in [5, 5.41) is 82.3. The fourth-order valence-corrected chi connectivity index (χ4v) is 53.0. The Morgan fingerprint density at radius 3 is 1.22 bits per heavy atom. The molecule has 2 aliphatic rings. The molecule has 0 radical (unpaired) electrons. The Morgan fingerprint density at radius 2 is 0.982 bits per heavy atom. The first-order valence-corrected chi connectivity index (χ1v) is 48.1. The lowest BCUT2D eigenvalue weighted by molar-refractivity contribution is -0.442. The minimum atomic E-state index is -3.41. The van der Waals surface area contributed by atoms with Crippen molar-refractivity contribution in [3.8, 4) is 0 Å². The predicted octanol–water partition coefficient (Wildman–Crippen LogP) is 5.20. The van der Waals surface area contributed by atoms with E-state index in [1.165, 1.54) is 0 Å². The van der Waals surface area contributed by atoms with Crippen LogP contribution in [0.15, 0.2) is 0 Å². The van der Waals surface area contributed by atoms with E-state index in [4.69, 9.17) is 18.6 Å². The molecule has 0 saturated carbocycles. The van der Waals surface area contributed by atoms with Crippen LogP contribution in [0.3, 0.4) is 0 Å². The minimum absolute atomic E-state index is 0.673. The third-order valence-electron chi connectivity index (χ3n) is 12.9. The van der Waals surface area contributed by atoms with Gasteiger partial charge in [-0.2, -0.15) is 0 Å². The number of rotatable bonds is 14. The van der Waals surface area contributed by atoms with Gasteiger partial charge in [0.25, 0.3) is 0 Å². The maximum Gasteiger partial charge on any atom is 0.223 e. The Labute approximate surface area is 343 Å². The molecule has 0 spiro atoms. The molecule has 9 atom stereocenters. The summed E-state index contributed by atoms with van der Waals surface area (Å²) >= 11 is 0. The minimum Gasteiger partial charge on any atom is -0.410 e. The van der Waals surface area contributed by atoms with Gasteiger partial charge in [0, 0.05) is 0 Å². The summed E-state index contributed by atoms with van der Waals surface area (Å²) in [7, 11) is -25.1. The van der Waals surface area contributed by atoms with Gasteiger partial charge in [0.05, 0.1) is 59.9 Å². The van der Waals surface area contributed by atoms with Crippen LogP contribution >= 0.6 is 0 Å². The number of aliphatic hydroxyl groups is 7. The topological polar surface area (TPSA) is 179 Å². The molecule has 11 nitrogen and oxygen atoms in total. The quantitative estimate of drug-likeness (QED) is 0.114. The molecule has 2 saturated heterocycles. The molecule has 0 bridgehead atoms. The van der Waals surface area contributed by atoms with Gasteiger partial charge in [-0.3, -0.25) is 0 Å². The number of hydrogen-bond donors (Lipinski definition) is 7. The monoisotopic (exact) mass is 918 g/mol. The highest BCUT2D eigenvalue weighted by molar-refractivity contribution is 7.03. The average molecular weight is 920 g/mol. The normalized spacial score (nSPS) is 38.1. The first kappa shape index (κ1) is 52.4. The molecule has 0 aromatic carbocycles. The number of hydrogen-bond acceptors (Lipinski definition) is 11. The van der Waals surface area contributed by atoms with Crippen LogP contribution in [-0.4, -0.2) is 169 Å². The Bertz CT molecular complexity index is 1390. The van der Waals surface area contributed by atoms with E-state index in [2.05, 4.69) is 118 Å². The second kappa shape index (κ2) is 14.4. The summed E-state index contributed by atoms with van der Waals surface area (Å²) < 4.78 is 30.1. The van der Waals surface area contributed by atoms with Crippen molar-refractivity contribution in [2.75, 3.05) is 13.2 Å². The van der Waals surface area contributed by atoms with Gasteiger partial charge in [-0.25, -0.2) is 0 Å². The third-order valence-corrected chi connectivity index (χ3v) is 39.2. The summed E-state index contributed by atoms with van der Waals surface area (Å²) in [6.45, 7) is 49.1. The van der Waals surface area contributed by atoms with Gasteiger partial charge in [-0.15, -0.1) is 0 Å². The van der Waals surface area contributed by atoms with Crippen molar-refractivity contribution in [2.24, 2.45) is 0 Å². The Hall–Kier alpha value is 1.30. The van der Waals surface area contributed by atoms with Gasteiger partial charge in [-0.05, 0) is 19.6 Å². The van der Waals surface area contributed by atoms with Gasteiger partial charge in [0.1, 0.15) is 53.9 Å². The van der Waals surface area contributed by atoms with Crippen LogP contribution in [0.25, 0.3) is 0 Å². The van der Waals surface area contributed by atoms with E-state index in [0.717, 1.165) is 0 Å². The fourth-order valence-electron chi connectivity index (χ4n) is 11.2. The lowest BCUT2D eigenvalue weighted by Gasteiger charge is -2.85. The van der Waals surface area contributed by atoms with Crippen LogP contribution in [0.1, 0.15) is 0 Å².